The number of nitrogens with zero attached hydrogens (tertiary/aromatic N) is 1. The average molecular weight is 363 g/mol. The minimum absolute atomic E-state index is 0.105. The summed E-state index contributed by atoms with van der Waals surface area (Å²) in [6, 6.07) is 13.8. The number of hydrogen-bond donors (Lipinski definition) is 3. The van der Waals surface area contributed by atoms with Crippen LogP contribution in [-0.4, -0.2) is 35.0 Å². The molecule has 0 aliphatic heterocycles. The van der Waals surface area contributed by atoms with E-state index >= 15 is 0 Å². The number of carbonyl (C=O) groups excluding carboxylic acids is 2. The molecule has 0 aliphatic rings. The van der Waals surface area contributed by atoms with Gasteiger partial charge >= 0.3 is 0 Å². The summed E-state index contributed by atoms with van der Waals surface area (Å²) in [4.78, 5) is 28.9. The first kappa shape index (κ1) is 18.4. The molecule has 0 bridgehead atoms. The minimum Gasteiger partial charge on any atom is -0.508 e. The molecule has 138 valence electrons. The number of carbonyl (C=O) groups is 2. The van der Waals surface area contributed by atoms with Gasteiger partial charge in [0.05, 0.1) is 16.8 Å². The zero-order valence-corrected chi connectivity index (χ0v) is 15.2. The molecule has 3 rings (SSSR count). The Kier molecular flexibility index (Phi) is 5.35. The summed E-state index contributed by atoms with van der Waals surface area (Å²) in [5, 5.41) is 15.7. The van der Waals surface area contributed by atoms with Crippen molar-refractivity contribution in [3.8, 4) is 5.75 Å². The number of amides is 2. The van der Waals surface area contributed by atoms with Crippen LogP contribution in [0.4, 0.5) is 0 Å². The van der Waals surface area contributed by atoms with E-state index in [9.17, 15) is 14.7 Å². The fraction of sp³-hybridized carbons (Fsp3) is 0.190. The summed E-state index contributed by atoms with van der Waals surface area (Å²) >= 11 is 0. The van der Waals surface area contributed by atoms with Crippen LogP contribution in [-0.2, 0) is 0 Å². The van der Waals surface area contributed by atoms with E-state index in [2.05, 4.69) is 15.6 Å². The first-order chi connectivity index (χ1) is 12.9. The van der Waals surface area contributed by atoms with Crippen LogP contribution in [0.25, 0.3) is 10.9 Å². The summed E-state index contributed by atoms with van der Waals surface area (Å²) in [7, 11) is 0. The standard InChI is InChI=1S/C21H21N3O3/c1-13-3-8-19-16(11-13)12-18(14(2)24-19)21(27)23-10-9-22-20(26)15-4-6-17(25)7-5-15/h3-8,11-12,25H,9-10H2,1-2H3,(H,22,26)(H,23,27). The number of nitrogens with one attached hydrogen (secondary N) is 2. The normalized spacial score (nSPS) is 10.6. The Morgan fingerprint density at radius 2 is 1.59 bits per heavy atom. The highest BCUT2D eigenvalue weighted by Crippen LogP contribution is 2.18. The second kappa shape index (κ2) is 7.86. The van der Waals surface area contributed by atoms with Crippen molar-refractivity contribution in [2.75, 3.05) is 13.1 Å². The molecule has 0 radical (unpaired) electrons. The fourth-order valence-corrected chi connectivity index (χ4v) is 2.78. The number of rotatable bonds is 5. The molecule has 1 aromatic heterocycles. The molecule has 3 N–H and O–H groups in total. The van der Waals surface area contributed by atoms with Crippen molar-refractivity contribution >= 4 is 22.7 Å². The Morgan fingerprint density at radius 1 is 0.926 bits per heavy atom. The highest BCUT2D eigenvalue weighted by molar-refractivity contribution is 5.99. The number of pyridine rings is 1. The number of phenolic OH excluding ortho intramolecular Hbond substituents is 1. The fourth-order valence-electron chi connectivity index (χ4n) is 2.78. The van der Waals surface area contributed by atoms with Crippen molar-refractivity contribution in [2.24, 2.45) is 0 Å². The third kappa shape index (κ3) is 4.41. The zero-order chi connectivity index (χ0) is 19.4. The van der Waals surface area contributed by atoms with Crippen LogP contribution < -0.4 is 10.6 Å². The third-order valence-corrected chi connectivity index (χ3v) is 4.23. The molecule has 0 atom stereocenters. The third-order valence-electron chi connectivity index (χ3n) is 4.23. The second-order valence-corrected chi connectivity index (χ2v) is 6.38. The van der Waals surface area contributed by atoms with Gasteiger partial charge in [-0.25, -0.2) is 0 Å². The second-order valence-electron chi connectivity index (χ2n) is 6.38. The summed E-state index contributed by atoms with van der Waals surface area (Å²) < 4.78 is 0. The van der Waals surface area contributed by atoms with E-state index in [0.717, 1.165) is 16.5 Å². The molecule has 2 amide bonds. The summed E-state index contributed by atoms with van der Waals surface area (Å²) in [6.45, 7) is 4.40. The molecule has 27 heavy (non-hydrogen) atoms. The number of phenols is 1. The molecule has 0 saturated heterocycles. The van der Waals surface area contributed by atoms with Gasteiger partial charge in [0, 0.05) is 24.0 Å². The van der Waals surface area contributed by atoms with Gasteiger partial charge in [-0.1, -0.05) is 11.6 Å². The Balaban J connectivity index is 1.57. The van der Waals surface area contributed by atoms with Crippen LogP contribution in [0, 0.1) is 13.8 Å². The molecule has 1 heterocycles. The summed E-state index contributed by atoms with van der Waals surface area (Å²) in [5.41, 5.74) is 3.60. The molecule has 0 spiro atoms. The van der Waals surface area contributed by atoms with Gasteiger partial charge in [0.2, 0.25) is 0 Å². The molecular formula is C21H21N3O3. The van der Waals surface area contributed by atoms with Crippen LogP contribution in [0.2, 0.25) is 0 Å². The smallest absolute Gasteiger partial charge is 0.253 e. The van der Waals surface area contributed by atoms with Crippen LogP contribution in [0.1, 0.15) is 32.0 Å². The molecule has 3 aromatic rings. The van der Waals surface area contributed by atoms with Gasteiger partial charge in [-0.3, -0.25) is 14.6 Å². The molecule has 0 fully saturated rings. The van der Waals surface area contributed by atoms with Gasteiger partial charge in [-0.2, -0.15) is 0 Å². The Morgan fingerprint density at radius 3 is 2.30 bits per heavy atom. The van der Waals surface area contributed by atoms with Gasteiger partial charge in [0.25, 0.3) is 11.8 Å². The Hall–Kier alpha value is -3.41. The first-order valence-corrected chi connectivity index (χ1v) is 8.67. The molecule has 0 saturated carbocycles. The molecule has 6 heteroatoms. The predicted molar refractivity (Wildman–Crippen MR) is 104 cm³/mol. The van der Waals surface area contributed by atoms with Gasteiger partial charge in [-0.15, -0.1) is 0 Å². The minimum atomic E-state index is -0.261. The molecule has 2 aromatic carbocycles. The lowest BCUT2D eigenvalue weighted by Crippen LogP contribution is -2.35. The highest BCUT2D eigenvalue weighted by atomic mass is 16.3. The number of aromatic hydroxyl groups is 1. The van der Waals surface area contributed by atoms with E-state index in [1.165, 1.54) is 24.3 Å². The van der Waals surface area contributed by atoms with Crippen molar-refractivity contribution in [3.05, 3.63) is 70.9 Å². The SMILES string of the molecule is Cc1ccc2nc(C)c(C(=O)NCCNC(=O)c3ccc(O)cc3)cc2c1. The van der Waals surface area contributed by atoms with E-state index in [0.29, 0.717) is 29.9 Å². The molecule has 0 unspecified atom stereocenters. The van der Waals surface area contributed by atoms with Crippen molar-refractivity contribution in [1.82, 2.24) is 15.6 Å². The van der Waals surface area contributed by atoms with Crippen molar-refractivity contribution < 1.29 is 14.7 Å². The lowest BCUT2D eigenvalue weighted by atomic mass is 10.1. The zero-order valence-electron chi connectivity index (χ0n) is 15.2. The Bertz CT molecular complexity index is 997. The average Bonchev–Trinajstić information content (AvgIpc) is 2.65. The molecule has 6 nitrogen and oxygen atoms in total. The Labute approximate surface area is 157 Å². The maximum Gasteiger partial charge on any atom is 0.253 e. The topological polar surface area (TPSA) is 91.3 Å². The quantitative estimate of drug-likeness (QED) is 0.608. The highest BCUT2D eigenvalue weighted by Gasteiger charge is 2.12. The van der Waals surface area contributed by atoms with Crippen LogP contribution in [0.15, 0.2) is 48.5 Å². The van der Waals surface area contributed by atoms with Gasteiger partial charge in [0.1, 0.15) is 5.75 Å². The van der Waals surface area contributed by atoms with Crippen LogP contribution >= 0.6 is 0 Å². The maximum absolute atomic E-state index is 12.5. The van der Waals surface area contributed by atoms with Gasteiger partial charge in [-0.05, 0) is 56.3 Å². The monoisotopic (exact) mass is 363 g/mol. The lowest BCUT2D eigenvalue weighted by molar-refractivity contribution is 0.0927. The number of benzene rings is 2. The van der Waals surface area contributed by atoms with E-state index in [1.54, 1.807) is 6.92 Å². The molecule has 0 aliphatic carbocycles. The summed E-state index contributed by atoms with van der Waals surface area (Å²) in [5.74, 6) is -0.376. The largest absolute Gasteiger partial charge is 0.508 e. The van der Waals surface area contributed by atoms with E-state index in [-0.39, 0.29) is 17.6 Å². The van der Waals surface area contributed by atoms with E-state index < -0.39 is 0 Å². The van der Waals surface area contributed by atoms with Crippen molar-refractivity contribution in [3.63, 3.8) is 0 Å². The lowest BCUT2D eigenvalue weighted by Gasteiger charge is -2.10. The van der Waals surface area contributed by atoms with Crippen molar-refractivity contribution in [1.29, 1.82) is 0 Å². The number of aromatic nitrogens is 1. The predicted octanol–water partition coefficient (Wildman–Crippen LogP) is 2.72. The van der Waals surface area contributed by atoms with Gasteiger partial charge < -0.3 is 15.7 Å². The summed E-state index contributed by atoms with van der Waals surface area (Å²) in [6.07, 6.45) is 0. The maximum atomic E-state index is 12.5. The van der Waals surface area contributed by atoms with Crippen LogP contribution in [0.3, 0.4) is 0 Å². The first-order valence-electron chi connectivity index (χ1n) is 8.67. The van der Waals surface area contributed by atoms with E-state index in [4.69, 9.17) is 0 Å². The van der Waals surface area contributed by atoms with Crippen LogP contribution in [0.5, 0.6) is 5.75 Å². The van der Waals surface area contributed by atoms with Gasteiger partial charge in [0.15, 0.2) is 0 Å². The van der Waals surface area contributed by atoms with E-state index in [1.807, 2.05) is 31.2 Å². The number of aryl methyl sites for hydroxylation is 2. The number of hydrogen-bond acceptors (Lipinski definition) is 4. The molecular weight excluding hydrogens is 342 g/mol. The number of fused-ring (bicyclic) bond motifs is 1. The van der Waals surface area contributed by atoms with Crippen molar-refractivity contribution in [2.45, 2.75) is 13.8 Å².